The first-order valence-electron chi connectivity index (χ1n) is 9.31. The Morgan fingerprint density at radius 1 is 1.23 bits per heavy atom. The van der Waals surface area contributed by atoms with E-state index in [0.717, 1.165) is 5.56 Å². The maximum absolute atomic E-state index is 13.9. The summed E-state index contributed by atoms with van der Waals surface area (Å²) in [7, 11) is 0. The average Bonchev–Trinajstić information content (AvgIpc) is 2.97. The second-order valence-electron chi connectivity index (χ2n) is 6.66. The number of carbonyl (C=O) groups is 1. The van der Waals surface area contributed by atoms with Crippen molar-refractivity contribution in [3.05, 3.63) is 80.9 Å². The van der Waals surface area contributed by atoms with Crippen LogP contribution >= 0.6 is 0 Å². The van der Waals surface area contributed by atoms with Gasteiger partial charge < -0.3 is 10.1 Å². The number of hydrogen-bond donors (Lipinski definition) is 1. The number of benzene rings is 2. The molecular formula is C21H21FN4O4. The second kappa shape index (κ2) is 8.73. The molecule has 1 N–H and O–H groups in total. The number of aromatic nitrogens is 2. The molecule has 0 unspecified atom stereocenters. The summed E-state index contributed by atoms with van der Waals surface area (Å²) in [5.41, 5.74) is 2.38. The van der Waals surface area contributed by atoms with Gasteiger partial charge in [-0.1, -0.05) is 12.1 Å². The maximum Gasteiger partial charge on any atom is 0.312 e. The molecule has 0 spiro atoms. The van der Waals surface area contributed by atoms with E-state index in [1.54, 1.807) is 55.8 Å². The normalized spacial score (nSPS) is 10.7. The monoisotopic (exact) mass is 412 g/mol. The fourth-order valence-corrected chi connectivity index (χ4v) is 3.09. The maximum atomic E-state index is 13.9. The first-order valence-corrected chi connectivity index (χ1v) is 9.31. The highest BCUT2D eigenvalue weighted by molar-refractivity contribution is 6.04. The van der Waals surface area contributed by atoms with Crippen LogP contribution in [0.25, 0.3) is 0 Å². The van der Waals surface area contributed by atoms with Crippen molar-refractivity contribution in [1.29, 1.82) is 0 Å². The van der Waals surface area contributed by atoms with E-state index in [1.807, 2.05) is 0 Å². The molecule has 0 atom stereocenters. The highest BCUT2D eigenvalue weighted by Crippen LogP contribution is 2.23. The molecule has 3 rings (SSSR count). The van der Waals surface area contributed by atoms with Crippen molar-refractivity contribution in [2.45, 2.75) is 27.3 Å². The van der Waals surface area contributed by atoms with Crippen molar-refractivity contribution in [2.75, 3.05) is 11.9 Å². The van der Waals surface area contributed by atoms with E-state index < -0.39 is 10.7 Å². The van der Waals surface area contributed by atoms with Crippen molar-refractivity contribution in [3.8, 4) is 5.75 Å². The summed E-state index contributed by atoms with van der Waals surface area (Å²) < 4.78 is 20.6. The first kappa shape index (κ1) is 21.0. The number of aryl methyl sites for hydroxylation is 1. The smallest absolute Gasteiger partial charge is 0.312 e. The van der Waals surface area contributed by atoms with Crippen molar-refractivity contribution >= 4 is 17.3 Å². The van der Waals surface area contributed by atoms with E-state index in [-0.39, 0.29) is 17.3 Å². The van der Waals surface area contributed by atoms with Gasteiger partial charge in [-0.15, -0.1) is 0 Å². The standard InChI is InChI=1S/C21H21FN4O4/c1-4-30-19-10-9-17(11-18(19)22)23-21(27)16-7-5-15(6-8-16)12-25-14(3)20(26(28)29)13(2)24-25/h5-11H,4,12H2,1-3H3,(H,23,27). The molecule has 1 amide bonds. The summed E-state index contributed by atoms with van der Waals surface area (Å²) in [5, 5.41) is 18.0. The van der Waals surface area contributed by atoms with Crippen LogP contribution in [0.15, 0.2) is 42.5 Å². The van der Waals surface area contributed by atoms with Crippen LogP contribution in [0, 0.1) is 29.8 Å². The Bertz CT molecular complexity index is 1090. The van der Waals surface area contributed by atoms with Gasteiger partial charge in [-0.05, 0) is 50.6 Å². The average molecular weight is 412 g/mol. The van der Waals surface area contributed by atoms with Gasteiger partial charge in [0.2, 0.25) is 0 Å². The Morgan fingerprint density at radius 3 is 2.50 bits per heavy atom. The lowest BCUT2D eigenvalue weighted by Gasteiger charge is -2.09. The molecule has 2 aromatic carbocycles. The third-order valence-electron chi connectivity index (χ3n) is 4.56. The quantitative estimate of drug-likeness (QED) is 0.462. The Hall–Kier alpha value is -3.75. The minimum Gasteiger partial charge on any atom is -0.491 e. The number of hydrogen-bond acceptors (Lipinski definition) is 5. The van der Waals surface area contributed by atoms with E-state index in [0.29, 0.717) is 35.8 Å². The predicted octanol–water partition coefficient (Wildman–Crippen LogP) is 4.25. The summed E-state index contributed by atoms with van der Waals surface area (Å²) >= 11 is 0. The third kappa shape index (κ3) is 4.45. The number of amides is 1. The molecule has 156 valence electrons. The second-order valence-corrected chi connectivity index (χ2v) is 6.66. The predicted molar refractivity (Wildman–Crippen MR) is 109 cm³/mol. The summed E-state index contributed by atoms with van der Waals surface area (Å²) in [6.07, 6.45) is 0. The number of rotatable bonds is 7. The molecule has 0 bridgehead atoms. The van der Waals surface area contributed by atoms with Crippen molar-refractivity contribution in [2.24, 2.45) is 0 Å². The van der Waals surface area contributed by atoms with E-state index >= 15 is 0 Å². The van der Waals surface area contributed by atoms with E-state index in [2.05, 4.69) is 10.4 Å². The van der Waals surface area contributed by atoms with E-state index in [1.165, 1.54) is 12.1 Å². The summed E-state index contributed by atoms with van der Waals surface area (Å²) in [5.74, 6) is -0.805. The number of anilines is 1. The lowest BCUT2D eigenvalue weighted by Crippen LogP contribution is -2.12. The zero-order valence-corrected chi connectivity index (χ0v) is 16.8. The molecule has 1 heterocycles. The molecule has 0 aliphatic carbocycles. The zero-order chi connectivity index (χ0) is 21.8. The van der Waals surface area contributed by atoms with Crippen molar-refractivity contribution in [3.63, 3.8) is 0 Å². The highest BCUT2D eigenvalue weighted by atomic mass is 19.1. The van der Waals surface area contributed by atoms with E-state index in [9.17, 15) is 19.3 Å². The molecule has 8 nitrogen and oxygen atoms in total. The molecule has 0 saturated heterocycles. The molecule has 30 heavy (non-hydrogen) atoms. The summed E-state index contributed by atoms with van der Waals surface area (Å²) in [6.45, 7) is 5.69. The van der Waals surface area contributed by atoms with Crippen LogP contribution in [0.3, 0.4) is 0 Å². The van der Waals surface area contributed by atoms with Crippen LogP contribution in [0.2, 0.25) is 0 Å². The van der Waals surface area contributed by atoms with Gasteiger partial charge in [0.05, 0.1) is 18.1 Å². The topological polar surface area (TPSA) is 99.3 Å². The third-order valence-corrected chi connectivity index (χ3v) is 4.56. The van der Waals surface area contributed by atoms with Crippen LogP contribution in [-0.2, 0) is 6.54 Å². The van der Waals surface area contributed by atoms with Crippen LogP contribution in [0.5, 0.6) is 5.75 Å². The SMILES string of the molecule is CCOc1ccc(NC(=O)c2ccc(Cn3nc(C)c([N+](=O)[O-])c3C)cc2)cc1F. The van der Waals surface area contributed by atoms with Gasteiger partial charge in [0.1, 0.15) is 11.4 Å². The minimum absolute atomic E-state index is 0.00795. The largest absolute Gasteiger partial charge is 0.491 e. The number of halogens is 1. The van der Waals surface area contributed by atoms with Crippen molar-refractivity contribution < 1.29 is 18.8 Å². The van der Waals surface area contributed by atoms with Gasteiger partial charge in [0, 0.05) is 17.3 Å². The molecule has 0 radical (unpaired) electrons. The van der Waals surface area contributed by atoms with Crippen LogP contribution in [0.4, 0.5) is 15.8 Å². The van der Waals surface area contributed by atoms with Crippen LogP contribution in [-0.4, -0.2) is 27.2 Å². The molecule has 0 aliphatic rings. The molecule has 3 aromatic rings. The number of nitrogens with one attached hydrogen (secondary N) is 1. The fourth-order valence-electron chi connectivity index (χ4n) is 3.09. The molecule has 0 fully saturated rings. The zero-order valence-electron chi connectivity index (χ0n) is 16.8. The summed E-state index contributed by atoms with van der Waals surface area (Å²) in [4.78, 5) is 23.1. The van der Waals surface area contributed by atoms with Gasteiger partial charge in [-0.25, -0.2) is 4.39 Å². The summed E-state index contributed by atoms with van der Waals surface area (Å²) in [6, 6.07) is 11.0. The molecule has 0 saturated carbocycles. The first-order chi connectivity index (χ1) is 14.3. The van der Waals surface area contributed by atoms with Gasteiger partial charge in [0.25, 0.3) is 5.91 Å². The van der Waals surface area contributed by atoms with Gasteiger partial charge in [-0.3, -0.25) is 19.6 Å². The number of nitrogens with zero attached hydrogens (tertiary/aromatic N) is 3. The Balaban J connectivity index is 1.70. The lowest BCUT2D eigenvalue weighted by atomic mass is 10.1. The molecule has 0 aliphatic heterocycles. The highest BCUT2D eigenvalue weighted by Gasteiger charge is 2.21. The van der Waals surface area contributed by atoms with E-state index in [4.69, 9.17) is 4.74 Å². The van der Waals surface area contributed by atoms with Crippen molar-refractivity contribution in [1.82, 2.24) is 9.78 Å². The van der Waals surface area contributed by atoms with Crippen LogP contribution in [0.1, 0.15) is 34.2 Å². The lowest BCUT2D eigenvalue weighted by molar-refractivity contribution is -0.386. The number of nitro groups is 1. The van der Waals surface area contributed by atoms with Gasteiger partial charge in [-0.2, -0.15) is 5.10 Å². The Kier molecular flexibility index (Phi) is 6.10. The minimum atomic E-state index is -0.552. The molecule has 1 aromatic heterocycles. The molecule has 9 heteroatoms. The van der Waals surface area contributed by atoms with Gasteiger partial charge >= 0.3 is 5.69 Å². The van der Waals surface area contributed by atoms with Gasteiger partial charge in [0.15, 0.2) is 11.6 Å². The van der Waals surface area contributed by atoms with Crippen LogP contribution < -0.4 is 10.1 Å². The Labute approximate surface area is 172 Å². The number of ether oxygens (including phenoxy) is 1. The number of carbonyl (C=O) groups excluding carboxylic acids is 1. The molecular weight excluding hydrogens is 391 g/mol. The fraction of sp³-hybridized carbons (Fsp3) is 0.238. The Morgan fingerprint density at radius 2 is 1.93 bits per heavy atom.